The van der Waals surface area contributed by atoms with Crippen LogP contribution in [0.5, 0.6) is 0 Å². The SMILES string of the molecule is CC(=O)[AsH]CSC[C@H](N)C(=O)O. The Labute approximate surface area is 82.0 Å². The maximum atomic E-state index is 10.5. The van der Waals surface area contributed by atoms with E-state index in [1.54, 1.807) is 6.92 Å². The van der Waals surface area contributed by atoms with Gasteiger partial charge in [-0.05, 0) is 0 Å². The molecule has 0 saturated carbocycles. The van der Waals surface area contributed by atoms with Crippen molar-refractivity contribution in [3.8, 4) is 0 Å². The third kappa shape index (κ3) is 6.70. The molecule has 0 fully saturated rings. The number of carboxylic acids is 1. The first kappa shape index (κ1) is 12.0. The van der Waals surface area contributed by atoms with Gasteiger partial charge < -0.3 is 0 Å². The van der Waals surface area contributed by atoms with E-state index >= 15 is 0 Å². The van der Waals surface area contributed by atoms with E-state index in [2.05, 4.69) is 0 Å². The summed E-state index contributed by atoms with van der Waals surface area (Å²) in [5, 5.41) is 8.40. The maximum absolute atomic E-state index is 10.5. The van der Waals surface area contributed by atoms with Crippen LogP contribution in [0.3, 0.4) is 0 Å². The van der Waals surface area contributed by atoms with E-state index in [0.29, 0.717) is 5.75 Å². The molecular formula is C6H12AsNO3S. The molecule has 70 valence electrons. The van der Waals surface area contributed by atoms with Crippen LogP contribution in [0, 0.1) is 0 Å². The molecule has 0 aromatic carbocycles. The van der Waals surface area contributed by atoms with E-state index in [1.807, 2.05) is 0 Å². The van der Waals surface area contributed by atoms with Gasteiger partial charge >= 0.3 is 81.7 Å². The van der Waals surface area contributed by atoms with Gasteiger partial charge in [0.2, 0.25) is 0 Å². The van der Waals surface area contributed by atoms with E-state index in [-0.39, 0.29) is 4.57 Å². The normalized spacial score (nSPS) is 13.5. The van der Waals surface area contributed by atoms with Crippen LogP contribution in [0.4, 0.5) is 0 Å². The number of aliphatic carboxylic acids is 1. The van der Waals surface area contributed by atoms with Crippen molar-refractivity contribution in [3.05, 3.63) is 0 Å². The van der Waals surface area contributed by atoms with Gasteiger partial charge in [-0.15, -0.1) is 0 Å². The molecule has 12 heavy (non-hydrogen) atoms. The van der Waals surface area contributed by atoms with Crippen LogP contribution in [-0.2, 0) is 9.59 Å². The van der Waals surface area contributed by atoms with Gasteiger partial charge in [0.25, 0.3) is 0 Å². The van der Waals surface area contributed by atoms with Crippen molar-refractivity contribution in [2.24, 2.45) is 5.73 Å². The monoisotopic (exact) mass is 253 g/mol. The van der Waals surface area contributed by atoms with Crippen molar-refractivity contribution < 1.29 is 14.7 Å². The molecule has 0 bridgehead atoms. The van der Waals surface area contributed by atoms with Crippen LogP contribution >= 0.6 is 11.8 Å². The fraction of sp³-hybridized carbons (Fsp3) is 0.667. The predicted molar refractivity (Wildman–Crippen MR) is 50.8 cm³/mol. The van der Waals surface area contributed by atoms with Gasteiger partial charge in [-0.25, -0.2) is 0 Å². The first-order valence-electron chi connectivity index (χ1n) is 3.34. The molecule has 0 radical (unpaired) electrons. The quantitative estimate of drug-likeness (QED) is 0.472. The van der Waals surface area contributed by atoms with Crippen LogP contribution in [0.25, 0.3) is 0 Å². The Balaban J connectivity index is 3.31. The molecule has 0 aromatic heterocycles. The summed E-state index contributed by atoms with van der Waals surface area (Å²) in [6.07, 6.45) is 0. The molecule has 0 aliphatic rings. The Morgan fingerprint density at radius 3 is 2.67 bits per heavy atom. The fourth-order valence-electron chi connectivity index (χ4n) is 0.410. The summed E-state index contributed by atoms with van der Waals surface area (Å²) >= 11 is 0.914. The number of carbonyl (C=O) groups is 2. The second kappa shape index (κ2) is 6.52. The molecule has 0 aromatic rings. The fourth-order valence-corrected chi connectivity index (χ4v) is 3.89. The number of thioether (sulfide) groups is 1. The van der Waals surface area contributed by atoms with E-state index < -0.39 is 27.8 Å². The number of hydrogen-bond donors (Lipinski definition) is 2. The molecule has 2 atom stereocenters. The molecule has 3 N–H and O–H groups in total. The second-order valence-corrected chi connectivity index (χ2v) is 7.26. The topological polar surface area (TPSA) is 80.4 Å². The van der Waals surface area contributed by atoms with Crippen LogP contribution in [-0.4, -0.2) is 47.7 Å². The summed E-state index contributed by atoms with van der Waals surface area (Å²) in [6.45, 7) is 1.57. The summed E-state index contributed by atoms with van der Waals surface area (Å²) in [5.41, 5.74) is 5.24. The zero-order valence-electron chi connectivity index (χ0n) is 6.74. The molecule has 0 heterocycles. The Bertz CT molecular complexity index is 176. The summed E-state index contributed by atoms with van der Waals surface area (Å²) in [5.74, 6) is -0.586. The Hall–Kier alpha value is 0.00844. The van der Waals surface area contributed by atoms with Crippen LogP contribution in [0.15, 0.2) is 0 Å². The van der Waals surface area contributed by atoms with Crippen LogP contribution in [0.1, 0.15) is 6.92 Å². The van der Waals surface area contributed by atoms with Gasteiger partial charge in [0.05, 0.1) is 0 Å². The van der Waals surface area contributed by atoms with E-state index in [4.69, 9.17) is 10.8 Å². The molecule has 1 unspecified atom stereocenters. The summed E-state index contributed by atoms with van der Waals surface area (Å²) in [7, 11) is 0. The summed E-state index contributed by atoms with van der Waals surface area (Å²) in [4.78, 5) is 20.7. The van der Waals surface area contributed by atoms with E-state index in [1.165, 1.54) is 11.8 Å². The Morgan fingerprint density at radius 2 is 2.25 bits per heavy atom. The van der Waals surface area contributed by atoms with Crippen LogP contribution < -0.4 is 5.73 Å². The molecule has 0 saturated heterocycles. The van der Waals surface area contributed by atoms with Gasteiger partial charge in [0.15, 0.2) is 0 Å². The number of hydrogen-bond acceptors (Lipinski definition) is 4. The first-order valence-corrected chi connectivity index (χ1v) is 7.03. The minimum absolute atomic E-state index is 0.242. The van der Waals surface area contributed by atoms with Crippen molar-refractivity contribution in [1.82, 2.24) is 0 Å². The third-order valence-electron chi connectivity index (χ3n) is 1.04. The van der Waals surface area contributed by atoms with Gasteiger partial charge in [0.1, 0.15) is 0 Å². The summed E-state index contributed by atoms with van der Waals surface area (Å²) < 4.78 is 1.02. The van der Waals surface area contributed by atoms with Crippen LogP contribution in [0.2, 0.25) is 0 Å². The number of carbonyl (C=O) groups excluding carboxylic acids is 1. The molecule has 6 heteroatoms. The van der Waals surface area contributed by atoms with Crippen molar-refractivity contribution in [2.75, 3.05) is 10.3 Å². The molecule has 0 amide bonds. The second-order valence-electron chi connectivity index (χ2n) is 2.19. The van der Waals surface area contributed by atoms with Gasteiger partial charge in [0, 0.05) is 0 Å². The third-order valence-corrected chi connectivity index (χ3v) is 5.22. The molecular weight excluding hydrogens is 241 g/mol. The van der Waals surface area contributed by atoms with Crippen molar-refractivity contribution in [2.45, 2.75) is 13.0 Å². The molecule has 0 spiro atoms. The Morgan fingerprint density at radius 1 is 1.67 bits per heavy atom. The van der Waals surface area contributed by atoms with Crippen molar-refractivity contribution >= 4 is 38.1 Å². The van der Waals surface area contributed by atoms with E-state index in [0.717, 1.165) is 4.54 Å². The van der Waals surface area contributed by atoms with Gasteiger partial charge in [-0.1, -0.05) is 0 Å². The zero-order chi connectivity index (χ0) is 9.56. The Kier molecular flexibility index (Phi) is 6.52. The van der Waals surface area contributed by atoms with Crippen molar-refractivity contribution in [3.63, 3.8) is 0 Å². The summed E-state index contributed by atoms with van der Waals surface area (Å²) in [6, 6.07) is -0.798. The number of rotatable bonds is 6. The molecule has 0 aliphatic carbocycles. The molecule has 0 rings (SSSR count). The average molecular weight is 253 g/mol. The van der Waals surface area contributed by atoms with Gasteiger partial charge in [-0.2, -0.15) is 0 Å². The van der Waals surface area contributed by atoms with Crippen molar-refractivity contribution in [1.29, 1.82) is 0 Å². The molecule has 0 aliphatic heterocycles. The molecule has 4 nitrogen and oxygen atoms in total. The number of nitrogens with two attached hydrogens (primary N) is 1. The average Bonchev–Trinajstić information content (AvgIpc) is 1.97. The predicted octanol–water partition coefficient (Wildman–Crippen LogP) is -0.928. The number of carboxylic acid groups (broad SMARTS) is 1. The van der Waals surface area contributed by atoms with E-state index in [9.17, 15) is 9.59 Å². The minimum atomic E-state index is -0.981. The van der Waals surface area contributed by atoms with Gasteiger partial charge in [-0.3, -0.25) is 0 Å². The zero-order valence-corrected chi connectivity index (χ0v) is 9.66. The standard InChI is InChI=1S/C6H12AsNO3S/c1-4(9)7-3-12-2-5(8)6(10)11/h5,7H,2-3,8H2,1H3,(H,10,11)/t5-/m0/s1. The first-order chi connectivity index (χ1) is 5.54.